The molecule has 0 saturated heterocycles. The van der Waals surface area contributed by atoms with Gasteiger partial charge in [-0.25, -0.2) is 9.97 Å². The summed E-state index contributed by atoms with van der Waals surface area (Å²) in [6.07, 6.45) is 5.22. The van der Waals surface area contributed by atoms with E-state index in [-0.39, 0.29) is 6.04 Å². The van der Waals surface area contributed by atoms with Crippen LogP contribution in [0.4, 0.5) is 0 Å². The zero-order valence-electron chi connectivity index (χ0n) is 9.88. The minimum Gasteiger partial charge on any atom is -0.496 e. The first-order chi connectivity index (χ1) is 8.35. The highest BCUT2D eigenvalue weighted by Crippen LogP contribution is 2.30. The van der Waals surface area contributed by atoms with Gasteiger partial charge in [0.15, 0.2) is 0 Å². The molecule has 0 aliphatic rings. The molecule has 0 bridgehead atoms. The van der Waals surface area contributed by atoms with Crippen LogP contribution < -0.4 is 10.1 Å². The number of aromatic nitrogens is 2. The average molecular weight is 249 g/mol. The van der Waals surface area contributed by atoms with Crippen LogP contribution >= 0.6 is 11.3 Å². The fourth-order valence-electron chi connectivity index (χ4n) is 1.64. The van der Waals surface area contributed by atoms with E-state index in [2.05, 4.69) is 22.2 Å². The molecule has 0 aromatic carbocycles. The number of nitrogens with one attached hydrogen (secondary N) is 1. The van der Waals surface area contributed by atoms with Gasteiger partial charge in [0.25, 0.3) is 0 Å². The lowest BCUT2D eigenvalue weighted by atomic mass is 10.1. The quantitative estimate of drug-likeness (QED) is 0.883. The molecule has 90 valence electrons. The second kappa shape index (κ2) is 5.75. The first-order valence-corrected chi connectivity index (χ1v) is 6.33. The van der Waals surface area contributed by atoms with Gasteiger partial charge in [0, 0.05) is 28.2 Å². The highest BCUT2D eigenvalue weighted by atomic mass is 32.1. The van der Waals surface area contributed by atoms with E-state index in [1.54, 1.807) is 24.8 Å². The van der Waals surface area contributed by atoms with Gasteiger partial charge in [-0.2, -0.15) is 0 Å². The number of rotatable bonds is 5. The summed E-state index contributed by atoms with van der Waals surface area (Å²) < 4.78 is 5.21. The van der Waals surface area contributed by atoms with Crippen molar-refractivity contribution in [2.75, 3.05) is 13.7 Å². The first-order valence-electron chi connectivity index (χ1n) is 5.46. The zero-order chi connectivity index (χ0) is 12.1. The largest absolute Gasteiger partial charge is 0.496 e. The van der Waals surface area contributed by atoms with E-state index in [0.717, 1.165) is 17.9 Å². The highest BCUT2D eigenvalue weighted by molar-refractivity contribution is 7.10. The van der Waals surface area contributed by atoms with Gasteiger partial charge in [-0.05, 0) is 12.6 Å². The van der Waals surface area contributed by atoms with E-state index >= 15 is 0 Å². The minimum absolute atomic E-state index is 0.134. The average Bonchev–Trinajstić information content (AvgIpc) is 2.85. The van der Waals surface area contributed by atoms with Crippen LogP contribution in [-0.4, -0.2) is 23.6 Å². The van der Waals surface area contributed by atoms with Crippen LogP contribution in [0.25, 0.3) is 0 Å². The Morgan fingerprint density at radius 3 is 2.76 bits per heavy atom. The molecule has 2 aromatic heterocycles. The molecule has 0 saturated carbocycles. The van der Waals surface area contributed by atoms with Crippen molar-refractivity contribution in [3.63, 3.8) is 0 Å². The van der Waals surface area contributed by atoms with E-state index in [9.17, 15) is 0 Å². The van der Waals surface area contributed by atoms with Gasteiger partial charge >= 0.3 is 0 Å². The monoisotopic (exact) mass is 249 g/mol. The summed E-state index contributed by atoms with van der Waals surface area (Å²) in [5, 5.41) is 5.43. The second-order valence-electron chi connectivity index (χ2n) is 3.55. The molecule has 2 heterocycles. The maximum Gasteiger partial charge on any atom is 0.129 e. The van der Waals surface area contributed by atoms with Crippen molar-refractivity contribution < 1.29 is 4.74 Å². The second-order valence-corrected chi connectivity index (χ2v) is 4.49. The van der Waals surface area contributed by atoms with Crippen LogP contribution in [0.2, 0.25) is 0 Å². The molecule has 1 unspecified atom stereocenters. The molecular formula is C12H15N3OS. The highest BCUT2D eigenvalue weighted by Gasteiger charge is 2.15. The summed E-state index contributed by atoms with van der Waals surface area (Å²) >= 11 is 1.67. The third-order valence-corrected chi connectivity index (χ3v) is 3.41. The molecule has 1 atom stereocenters. The Morgan fingerprint density at radius 1 is 1.41 bits per heavy atom. The molecule has 0 fully saturated rings. The summed E-state index contributed by atoms with van der Waals surface area (Å²) in [7, 11) is 1.68. The predicted molar refractivity (Wildman–Crippen MR) is 68.4 cm³/mol. The fourth-order valence-corrected chi connectivity index (χ4v) is 2.60. The van der Waals surface area contributed by atoms with Crippen molar-refractivity contribution in [3.05, 3.63) is 40.6 Å². The Hall–Kier alpha value is -1.46. The molecule has 2 rings (SSSR count). The van der Waals surface area contributed by atoms with Gasteiger partial charge in [-0.15, -0.1) is 11.3 Å². The van der Waals surface area contributed by atoms with Gasteiger partial charge in [0.2, 0.25) is 0 Å². The van der Waals surface area contributed by atoms with Crippen LogP contribution in [0.15, 0.2) is 30.2 Å². The molecule has 0 aliphatic carbocycles. The SMILES string of the molecule is CCNC(c1cncnc1)c1cc(OC)cs1. The van der Waals surface area contributed by atoms with Crippen LogP contribution in [0.1, 0.15) is 23.4 Å². The van der Waals surface area contributed by atoms with Gasteiger partial charge in [-0.3, -0.25) is 0 Å². The summed E-state index contributed by atoms with van der Waals surface area (Å²) in [6.45, 7) is 2.97. The van der Waals surface area contributed by atoms with Gasteiger partial charge < -0.3 is 10.1 Å². The van der Waals surface area contributed by atoms with Crippen LogP contribution in [0.3, 0.4) is 0 Å². The molecule has 2 aromatic rings. The number of thiophene rings is 1. The normalized spacial score (nSPS) is 12.4. The van der Waals surface area contributed by atoms with Gasteiger partial charge in [-0.1, -0.05) is 6.92 Å². The first kappa shape index (κ1) is 12.0. The topological polar surface area (TPSA) is 47.0 Å². The van der Waals surface area contributed by atoms with Crippen molar-refractivity contribution in [1.82, 2.24) is 15.3 Å². The summed E-state index contributed by atoms with van der Waals surface area (Å²) in [4.78, 5) is 9.33. The Labute approximate surface area is 105 Å². The molecule has 0 radical (unpaired) electrons. The van der Waals surface area contributed by atoms with Crippen molar-refractivity contribution in [3.8, 4) is 5.75 Å². The number of methoxy groups -OCH3 is 1. The maximum absolute atomic E-state index is 5.21. The van der Waals surface area contributed by atoms with Crippen LogP contribution in [0.5, 0.6) is 5.75 Å². The molecule has 0 amide bonds. The Morgan fingerprint density at radius 2 is 2.18 bits per heavy atom. The summed E-state index contributed by atoms with van der Waals surface area (Å²) in [5.74, 6) is 0.893. The van der Waals surface area contributed by atoms with E-state index in [1.165, 1.54) is 4.88 Å². The lowest BCUT2D eigenvalue weighted by Gasteiger charge is -2.15. The van der Waals surface area contributed by atoms with E-state index < -0.39 is 0 Å². The predicted octanol–water partition coefficient (Wildman–Crippen LogP) is 2.25. The third-order valence-electron chi connectivity index (χ3n) is 2.44. The fraction of sp³-hybridized carbons (Fsp3) is 0.333. The molecule has 5 heteroatoms. The smallest absolute Gasteiger partial charge is 0.129 e. The molecule has 1 N–H and O–H groups in total. The summed E-state index contributed by atoms with van der Waals surface area (Å²) in [6, 6.07) is 2.18. The molecule has 0 spiro atoms. The van der Waals surface area contributed by atoms with Gasteiger partial charge in [0.05, 0.1) is 13.2 Å². The van der Waals surface area contributed by atoms with E-state index in [4.69, 9.17) is 4.74 Å². The van der Waals surface area contributed by atoms with Crippen molar-refractivity contribution >= 4 is 11.3 Å². The molecule has 4 nitrogen and oxygen atoms in total. The number of ether oxygens (including phenoxy) is 1. The minimum atomic E-state index is 0.134. The third kappa shape index (κ3) is 2.81. The van der Waals surface area contributed by atoms with Crippen LogP contribution in [0, 0.1) is 0 Å². The summed E-state index contributed by atoms with van der Waals surface area (Å²) in [5.41, 5.74) is 1.07. The Balaban J connectivity index is 2.28. The number of hydrogen-bond donors (Lipinski definition) is 1. The van der Waals surface area contributed by atoms with Crippen molar-refractivity contribution in [1.29, 1.82) is 0 Å². The zero-order valence-corrected chi connectivity index (χ0v) is 10.7. The lowest BCUT2D eigenvalue weighted by Crippen LogP contribution is -2.21. The maximum atomic E-state index is 5.21. The molecule has 17 heavy (non-hydrogen) atoms. The van der Waals surface area contributed by atoms with Gasteiger partial charge in [0.1, 0.15) is 12.1 Å². The Bertz CT molecular complexity index is 458. The lowest BCUT2D eigenvalue weighted by molar-refractivity contribution is 0.416. The van der Waals surface area contributed by atoms with Crippen LogP contribution in [-0.2, 0) is 0 Å². The molecule has 0 aliphatic heterocycles. The number of nitrogens with zero attached hydrogens (tertiary/aromatic N) is 2. The van der Waals surface area contributed by atoms with Crippen molar-refractivity contribution in [2.45, 2.75) is 13.0 Å². The Kier molecular flexibility index (Phi) is 4.06. The number of hydrogen-bond acceptors (Lipinski definition) is 5. The van der Waals surface area contributed by atoms with Crippen molar-refractivity contribution in [2.24, 2.45) is 0 Å². The van der Waals surface area contributed by atoms with E-state index in [0.29, 0.717) is 0 Å². The van der Waals surface area contributed by atoms with E-state index in [1.807, 2.05) is 23.8 Å². The molecular weight excluding hydrogens is 234 g/mol. The standard InChI is InChI=1S/C12H15N3OS/c1-3-15-12(9-5-13-8-14-6-9)11-4-10(16-2)7-17-11/h4-8,12,15H,3H2,1-2H3.